The maximum atomic E-state index is 13.2. The number of carbonyl (C=O) groups is 1. The summed E-state index contributed by atoms with van der Waals surface area (Å²) in [6.07, 6.45) is 0.690. The van der Waals surface area contributed by atoms with Crippen molar-refractivity contribution in [1.82, 2.24) is 0 Å². The van der Waals surface area contributed by atoms with Crippen LogP contribution in [0.25, 0.3) is 0 Å². The third-order valence-electron chi connectivity index (χ3n) is 5.05. The zero-order valence-corrected chi connectivity index (χ0v) is 15.1. The molecule has 0 aromatic heterocycles. The summed E-state index contributed by atoms with van der Waals surface area (Å²) in [6.45, 7) is 2.03. The number of fused-ring (bicyclic) bond motifs is 2. The van der Waals surface area contributed by atoms with Crippen molar-refractivity contribution in [3.8, 4) is 0 Å². The number of nitrogens with zero attached hydrogens (tertiary/aromatic N) is 1. The van der Waals surface area contributed by atoms with Gasteiger partial charge in [0.15, 0.2) is 0 Å². The van der Waals surface area contributed by atoms with Crippen molar-refractivity contribution in [1.29, 1.82) is 0 Å². The average molecular weight is 342 g/mol. The maximum Gasteiger partial charge on any atom is 0.232 e. The Balaban J connectivity index is 1.75. The SMILES string of the molecule is Cc1cccc(NC(=O)[C@@H]2Cc3ccccc3N(C)c3ccccc32)c1. The highest BCUT2D eigenvalue weighted by Gasteiger charge is 2.29. The molecule has 0 fully saturated rings. The first-order valence-electron chi connectivity index (χ1n) is 8.91. The van der Waals surface area contributed by atoms with Crippen LogP contribution in [-0.4, -0.2) is 13.0 Å². The monoisotopic (exact) mass is 342 g/mol. The summed E-state index contributed by atoms with van der Waals surface area (Å²) in [5.74, 6) is -0.189. The van der Waals surface area contributed by atoms with Crippen LogP contribution < -0.4 is 10.2 Å². The van der Waals surface area contributed by atoms with Gasteiger partial charge in [-0.3, -0.25) is 4.79 Å². The minimum absolute atomic E-state index is 0.0353. The van der Waals surface area contributed by atoms with E-state index in [1.54, 1.807) is 0 Å². The van der Waals surface area contributed by atoms with Crippen LogP contribution >= 0.6 is 0 Å². The number of amides is 1. The number of hydrogen-bond acceptors (Lipinski definition) is 2. The van der Waals surface area contributed by atoms with Crippen molar-refractivity contribution in [3.05, 3.63) is 89.5 Å². The molecule has 0 unspecified atom stereocenters. The summed E-state index contributed by atoms with van der Waals surface area (Å²) in [7, 11) is 2.07. The van der Waals surface area contributed by atoms with Crippen molar-refractivity contribution < 1.29 is 4.79 Å². The van der Waals surface area contributed by atoms with Crippen LogP contribution in [0.2, 0.25) is 0 Å². The van der Waals surface area contributed by atoms with Crippen LogP contribution in [0.5, 0.6) is 0 Å². The van der Waals surface area contributed by atoms with E-state index in [2.05, 4.69) is 41.5 Å². The molecular formula is C23H22N2O. The smallest absolute Gasteiger partial charge is 0.232 e. The molecule has 1 amide bonds. The molecule has 0 saturated carbocycles. The standard InChI is InChI=1S/C23H22N2O/c1-16-8-7-10-18(14-16)24-23(26)20-15-17-9-3-5-12-21(17)25(2)22-13-6-4-11-19(20)22/h3-14,20H,15H2,1-2H3,(H,24,26)/t20-/m1/s1. The van der Waals surface area contributed by atoms with E-state index >= 15 is 0 Å². The van der Waals surface area contributed by atoms with Gasteiger partial charge in [0.25, 0.3) is 0 Å². The number of nitrogens with one attached hydrogen (secondary N) is 1. The molecule has 0 radical (unpaired) electrons. The lowest BCUT2D eigenvalue weighted by molar-refractivity contribution is -0.117. The number of hydrogen-bond donors (Lipinski definition) is 1. The van der Waals surface area contributed by atoms with Gasteiger partial charge in [-0.2, -0.15) is 0 Å². The molecule has 4 rings (SSSR count). The molecule has 0 saturated heterocycles. The van der Waals surface area contributed by atoms with E-state index in [1.807, 2.05) is 55.5 Å². The highest BCUT2D eigenvalue weighted by Crippen LogP contribution is 2.40. The maximum absolute atomic E-state index is 13.2. The van der Waals surface area contributed by atoms with Crippen LogP contribution in [0.1, 0.15) is 22.6 Å². The number of benzene rings is 3. The van der Waals surface area contributed by atoms with Gasteiger partial charge in [-0.1, -0.05) is 48.5 Å². The van der Waals surface area contributed by atoms with E-state index in [0.29, 0.717) is 6.42 Å². The molecule has 0 bridgehead atoms. The van der Waals surface area contributed by atoms with Crippen LogP contribution in [0.4, 0.5) is 17.1 Å². The second-order valence-corrected chi connectivity index (χ2v) is 6.86. The summed E-state index contributed by atoms with van der Waals surface area (Å²) < 4.78 is 0. The Bertz CT molecular complexity index is 964. The number of carbonyl (C=O) groups excluding carboxylic acids is 1. The number of rotatable bonds is 2. The fourth-order valence-electron chi connectivity index (χ4n) is 3.74. The molecule has 3 heteroatoms. The van der Waals surface area contributed by atoms with Crippen LogP contribution in [0, 0.1) is 6.92 Å². The summed E-state index contributed by atoms with van der Waals surface area (Å²) in [5.41, 5.74) is 6.48. The van der Waals surface area contributed by atoms with Crippen molar-refractivity contribution in [3.63, 3.8) is 0 Å². The first-order chi connectivity index (χ1) is 12.6. The van der Waals surface area contributed by atoms with Gasteiger partial charge in [0.05, 0.1) is 5.92 Å². The lowest BCUT2D eigenvalue weighted by atomic mass is 9.91. The van der Waals surface area contributed by atoms with E-state index < -0.39 is 0 Å². The summed E-state index contributed by atoms with van der Waals surface area (Å²) in [6, 6.07) is 24.4. The van der Waals surface area contributed by atoms with E-state index in [1.165, 1.54) is 5.56 Å². The molecule has 3 nitrogen and oxygen atoms in total. The van der Waals surface area contributed by atoms with Crippen molar-refractivity contribution in [2.24, 2.45) is 0 Å². The molecule has 1 aliphatic rings. The second-order valence-electron chi connectivity index (χ2n) is 6.86. The quantitative estimate of drug-likeness (QED) is 0.707. The van der Waals surface area contributed by atoms with Crippen molar-refractivity contribution >= 4 is 23.0 Å². The summed E-state index contributed by atoms with van der Waals surface area (Å²) >= 11 is 0. The third kappa shape index (κ3) is 2.97. The Morgan fingerprint density at radius 3 is 2.50 bits per heavy atom. The predicted octanol–water partition coefficient (Wildman–Crippen LogP) is 5.04. The van der Waals surface area contributed by atoms with Crippen molar-refractivity contribution in [2.75, 3.05) is 17.3 Å². The largest absolute Gasteiger partial charge is 0.344 e. The van der Waals surface area contributed by atoms with Gasteiger partial charge in [0.1, 0.15) is 0 Å². The second kappa shape index (κ2) is 6.68. The Morgan fingerprint density at radius 1 is 0.962 bits per heavy atom. The van der Waals surface area contributed by atoms with Gasteiger partial charge in [0.2, 0.25) is 5.91 Å². The van der Waals surface area contributed by atoms with E-state index in [0.717, 1.165) is 28.2 Å². The van der Waals surface area contributed by atoms with Crippen LogP contribution in [0.3, 0.4) is 0 Å². The fraction of sp³-hybridized carbons (Fsp3) is 0.174. The van der Waals surface area contributed by atoms with Gasteiger partial charge in [-0.25, -0.2) is 0 Å². The van der Waals surface area contributed by atoms with Crippen LogP contribution in [-0.2, 0) is 11.2 Å². The molecule has 130 valence electrons. The lowest BCUT2D eigenvalue weighted by Gasteiger charge is -2.22. The molecule has 1 N–H and O–H groups in total. The Kier molecular flexibility index (Phi) is 4.21. The molecule has 3 aromatic carbocycles. The minimum Gasteiger partial charge on any atom is -0.344 e. The first kappa shape index (κ1) is 16.4. The van der Waals surface area contributed by atoms with Gasteiger partial charge in [-0.15, -0.1) is 0 Å². The molecule has 0 aliphatic carbocycles. The van der Waals surface area contributed by atoms with Gasteiger partial charge >= 0.3 is 0 Å². The fourth-order valence-corrected chi connectivity index (χ4v) is 3.74. The Labute approximate surface area is 154 Å². The lowest BCUT2D eigenvalue weighted by Crippen LogP contribution is -2.23. The van der Waals surface area contributed by atoms with E-state index in [9.17, 15) is 4.79 Å². The molecule has 0 spiro atoms. The molecule has 26 heavy (non-hydrogen) atoms. The number of aryl methyl sites for hydroxylation is 1. The highest BCUT2D eigenvalue weighted by molar-refractivity contribution is 5.98. The van der Waals surface area contributed by atoms with Crippen molar-refractivity contribution in [2.45, 2.75) is 19.3 Å². The Morgan fingerprint density at radius 2 is 1.69 bits per heavy atom. The molecular weight excluding hydrogens is 320 g/mol. The van der Waals surface area contributed by atoms with E-state index in [-0.39, 0.29) is 11.8 Å². The summed E-state index contributed by atoms with van der Waals surface area (Å²) in [5, 5.41) is 3.11. The first-order valence-corrected chi connectivity index (χ1v) is 8.91. The molecule has 1 aliphatic heterocycles. The van der Waals surface area contributed by atoms with Gasteiger partial charge < -0.3 is 10.2 Å². The average Bonchev–Trinajstić information content (AvgIpc) is 2.77. The van der Waals surface area contributed by atoms with Gasteiger partial charge in [-0.05, 0) is 54.3 Å². The molecule has 1 atom stereocenters. The number of para-hydroxylation sites is 2. The zero-order valence-electron chi connectivity index (χ0n) is 15.1. The molecule has 3 aromatic rings. The van der Waals surface area contributed by atoms with Gasteiger partial charge in [0, 0.05) is 24.1 Å². The number of anilines is 3. The highest BCUT2D eigenvalue weighted by atomic mass is 16.1. The Hall–Kier alpha value is -3.07. The zero-order chi connectivity index (χ0) is 18.1. The molecule has 1 heterocycles. The van der Waals surface area contributed by atoms with Crippen LogP contribution in [0.15, 0.2) is 72.8 Å². The van der Waals surface area contributed by atoms with E-state index in [4.69, 9.17) is 0 Å². The third-order valence-corrected chi connectivity index (χ3v) is 5.05. The topological polar surface area (TPSA) is 32.3 Å². The predicted molar refractivity (Wildman–Crippen MR) is 107 cm³/mol. The summed E-state index contributed by atoms with van der Waals surface area (Å²) in [4.78, 5) is 15.4. The normalized spacial score (nSPS) is 15.6. The minimum atomic E-state index is -0.224.